The van der Waals surface area contributed by atoms with Crippen molar-refractivity contribution in [1.29, 1.82) is 0 Å². The molecule has 0 aliphatic rings. The molecule has 100 valence electrons. The summed E-state index contributed by atoms with van der Waals surface area (Å²) in [6, 6.07) is 11.7. The third kappa shape index (κ3) is 3.29. The summed E-state index contributed by atoms with van der Waals surface area (Å²) in [6.07, 6.45) is 0. The fraction of sp³-hybridized carbons (Fsp3) is 0.0769. The van der Waals surface area contributed by atoms with Crippen molar-refractivity contribution in [1.82, 2.24) is 0 Å². The van der Waals surface area contributed by atoms with Gasteiger partial charge in [0, 0.05) is 4.47 Å². The van der Waals surface area contributed by atoms with Crippen molar-refractivity contribution in [3.05, 3.63) is 57.5 Å². The number of hydrogen-bond acceptors (Lipinski definition) is 3. The molecule has 3 nitrogen and oxygen atoms in total. The molecule has 0 bridgehead atoms. The second-order valence-electron chi connectivity index (χ2n) is 4.04. The van der Waals surface area contributed by atoms with E-state index in [2.05, 4.69) is 15.9 Å². The first kappa shape index (κ1) is 14.4. The molecule has 0 saturated heterocycles. The van der Waals surface area contributed by atoms with Crippen LogP contribution in [0.2, 0.25) is 5.02 Å². The molecule has 0 aromatic heterocycles. The van der Waals surface area contributed by atoms with Gasteiger partial charge in [0.15, 0.2) is 9.84 Å². The van der Waals surface area contributed by atoms with E-state index in [9.17, 15) is 8.42 Å². The maximum absolute atomic E-state index is 12.4. The number of anilines is 1. The molecule has 2 aromatic carbocycles. The van der Waals surface area contributed by atoms with Crippen LogP contribution in [0.5, 0.6) is 0 Å². The Kier molecular flexibility index (Phi) is 4.18. The molecule has 2 rings (SSSR count). The third-order valence-electron chi connectivity index (χ3n) is 2.58. The highest BCUT2D eigenvalue weighted by Crippen LogP contribution is 2.30. The standard InChI is InChI=1S/C13H11BrClNO2S/c14-10-6-4-9(5-7-10)8-19(17,18)13-11(15)2-1-3-12(13)16/h1-7H,8,16H2. The lowest BCUT2D eigenvalue weighted by Gasteiger charge is -2.09. The summed E-state index contributed by atoms with van der Waals surface area (Å²) in [4.78, 5) is -0.000384. The molecule has 0 atom stereocenters. The monoisotopic (exact) mass is 359 g/mol. The fourth-order valence-corrected chi connectivity index (χ4v) is 4.09. The molecule has 0 fully saturated rings. The zero-order valence-corrected chi connectivity index (χ0v) is 13.0. The fourth-order valence-electron chi connectivity index (χ4n) is 1.73. The van der Waals surface area contributed by atoms with E-state index < -0.39 is 9.84 Å². The Morgan fingerprint density at radius 1 is 1.11 bits per heavy atom. The van der Waals surface area contributed by atoms with E-state index in [1.165, 1.54) is 12.1 Å². The minimum atomic E-state index is -3.56. The number of hydrogen-bond donors (Lipinski definition) is 1. The predicted octanol–water partition coefficient (Wildman–Crippen LogP) is 3.66. The van der Waals surface area contributed by atoms with E-state index in [0.29, 0.717) is 5.56 Å². The summed E-state index contributed by atoms with van der Waals surface area (Å²) in [5.41, 5.74) is 6.57. The first-order valence-electron chi connectivity index (χ1n) is 5.41. The highest BCUT2D eigenvalue weighted by molar-refractivity contribution is 9.10. The molecule has 0 unspecified atom stereocenters. The summed E-state index contributed by atoms with van der Waals surface area (Å²) < 4.78 is 25.6. The van der Waals surface area contributed by atoms with Gasteiger partial charge in [-0.25, -0.2) is 8.42 Å². The molecule has 0 spiro atoms. The van der Waals surface area contributed by atoms with Crippen LogP contribution in [-0.2, 0) is 15.6 Å². The van der Waals surface area contributed by atoms with Crippen LogP contribution in [0.4, 0.5) is 5.69 Å². The highest BCUT2D eigenvalue weighted by Gasteiger charge is 2.21. The first-order chi connectivity index (χ1) is 8.90. The Balaban J connectivity index is 2.41. The first-order valence-corrected chi connectivity index (χ1v) is 8.23. The molecular weight excluding hydrogens is 350 g/mol. The largest absolute Gasteiger partial charge is 0.398 e. The summed E-state index contributed by atoms with van der Waals surface area (Å²) in [5, 5.41) is 0.150. The maximum Gasteiger partial charge on any atom is 0.186 e. The van der Waals surface area contributed by atoms with Crippen molar-refractivity contribution in [2.45, 2.75) is 10.6 Å². The molecule has 2 aromatic rings. The van der Waals surface area contributed by atoms with Crippen LogP contribution in [0.25, 0.3) is 0 Å². The quantitative estimate of drug-likeness (QED) is 0.850. The molecule has 2 N–H and O–H groups in total. The number of nitrogens with two attached hydrogens (primary N) is 1. The summed E-state index contributed by atoms with van der Waals surface area (Å²) in [5.74, 6) is -0.131. The van der Waals surface area contributed by atoms with Crippen molar-refractivity contribution in [2.24, 2.45) is 0 Å². The van der Waals surface area contributed by atoms with E-state index in [-0.39, 0.29) is 21.4 Å². The lowest BCUT2D eigenvalue weighted by atomic mass is 10.2. The van der Waals surface area contributed by atoms with Crippen molar-refractivity contribution in [3.8, 4) is 0 Å². The van der Waals surface area contributed by atoms with Crippen LogP contribution in [-0.4, -0.2) is 8.42 Å². The summed E-state index contributed by atoms with van der Waals surface area (Å²) >= 11 is 9.24. The van der Waals surface area contributed by atoms with Crippen LogP contribution >= 0.6 is 27.5 Å². The molecule has 0 heterocycles. The van der Waals surface area contributed by atoms with E-state index in [0.717, 1.165) is 4.47 Å². The van der Waals surface area contributed by atoms with E-state index >= 15 is 0 Å². The van der Waals surface area contributed by atoms with Gasteiger partial charge in [0.2, 0.25) is 0 Å². The zero-order chi connectivity index (χ0) is 14.0. The van der Waals surface area contributed by atoms with Crippen molar-refractivity contribution >= 4 is 43.1 Å². The third-order valence-corrected chi connectivity index (χ3v) is 5.33. The van der Waals surface area contributed by atoms with Gasteiger partial charge in [0.05, 0.1) is 16.5 Å². The smallest absolute Gasteiger partial charge is 0.186 e. The van der Waals surface area contributed by atoms with Crippen LogP contribution < -0.4 is 5.73 Å². The molecule has 0 amide bonds. The molecule has 19 heavy (non-hydrogen) atoms. The molecule has 0 saturated carbocycles. The molecular formula is C13H11BrClNO2S. The van der Waals surface area contributed by atoms with Crippen LogP contribution in [0.15, 0.2) is 51.8 Å². The topological polar surface area (TPSA) is 60.2 Å². The van der Waals surface area contributed by atoms with Crippen LogP contribution in [0.3, 0.4) is 0 Å². The average Bonchev–Trinajstić information content (AvgIpc) is 2.31. The molecule has 6 heteroatoms. The molecule has 0 aliphatic carbocycles. The number of rotatable bonds is 3. The van der Waals surface area contributed by atoms with Gasteiger partial charge < -0.3 is 5.73 Å². The minimum absolute atomic E-state index is 0.000384. The maximum atomic E-state index is 12.4. The van der Waals surface area contributed by atoms with E-state index in [4.69, 9.17) is 17.3 Å². The van der Waals surface area contributed by atoms with Crippen molar-refractivity contribution < 1.29 is 8.42 Å². The Labute approximate surface area is 125 Å². The van der Waals surface area contributed by atoms with E-state index in [1.807, 2.05) is 0 Å². The van der Waals surface area contributed by atoms with Gasteiger partial charge in [-0.1, -0.05) is 45.7 Å². The highest BCUT2D eigenvalue weighted by atomic mass is 79.9. The van der Waals surface area contributed by atoms with Gasteiger partial charge in [0.25, 0.3) is 0 Å². The predicted molar refractivity (Wildman–Crippen MR) is 80.9 cm³/mol. The minimum Gasteiger partial charge on any atom is -0.398 e. The Morgan fingerprint density at radius 2 is 1.74 bits per heavy atom. The van der Waals surface area contributed by atoms with Crippen molar-refractivity contribution in [3.63, 3.8) is 0 Å². The lowest BCUT2D eigenvalue weighted by Crippen LogP contribution is -2.08. The SMILES string of the molecule is Nc1cccc(Cl)c1S(=O)(=O)Cc1ccc(Br)cc1. The normalized spacial score (nSPS) is 11.5. The Morgan fingerprint density at radius 3 is 2.32 bits per heavy atom. The number of benzene rings is 2. The van der Waals surface area contributed by atoms with Gasteiger partial charge >= 0.3 is 0 Å². The second-order valence-corrected chi connectivity index (χ2v) is 7.29. The molecule has 0 aliphatic heterocycles. The van der Waals surface area contributed by atoms with Gasteiger partial charge in [0.1, 0.15) is 4.90 Å². The Bertz CT molecular complexity index is 679. The lowest BCUT2D eigenvalue weighted by molar-refractivity contribution is 0.595. The van der Waals surface area contributed by atoms with Gasteiger partial charge in [-0.2, -0.15) is 0 Å². The second kappa shape index (κ2) is 5.53. The van der Waals surface area contributed by atoms with Crippen molar-refractivity contribution in [2.75, 3.05) is 5.73 Å². The van der Waals surface area contributed by atoms with E-state index in [1.54, 1.807) is 30.3 Å². The zero-order valence-electron chi connectivity index (χ0n) is 9.81. The van der Waals surface area contributed by atoms with Crippen LogP contribution in [0.1, 0.15) is 5.56 Å². The van der Waals surface area contributed by atoms with Gasteiger partial charge in [-0.3, -0.25) is 0 Å². The average molecular weight is 361 g/mol. The Hall–Kier alpha value is -1.04. The van der Waals surface area contributed by atoms with Crippen LogP contribution in [0, 0.1) is 0 Å². The molecule has 0 radical (unpaired) electrons. The van der Waals surface area contributed by atoms with Gasteiger partial charge in [-0.05, 0) is 29.8 Å². The number of halogens is 2. The summed E-state index contributed by atoms with van der Waals surface area (Å²) in [6.45, 7) is 0. The van der Waals surface area contributed by atoms with Gasteiger partial charge in [-0.15, -0.1) is 0 Å². The summed E-state index contributed by atoms with van der Waals surface area (Å²) in [7, 11) is -3.56. The number of nitrogen functional groups attached to an aromatic ring is 1. The number of sulfone groups is 1.